The first kappa shape index (κ1) is 15.5. The quantitative estimate of drug-likeness (QED) is 0.735. The number of amides is 1. The van der Waals surface area contributed by atoms with Crippen molar-refractivity contribution in [3.05, 3.63) is 70.0 Å². The van der Waals surface area contributed by atoms with Crippen molar-refractivity contribution in [3.63, 3.8) is 0 Å². The summed E-state index contributed by atoms with van der Waals surface area (Å²) in [4.78, 5) is 35.4. The summed E-state index contributed by atoms with van der Waals surface area (Å²) in [6.45, 7) is 3.48. The molecule has 1 aliphatic rings. The Morgan fingerprint density at radius 3 is 2.84 bits per heavy atom. The predicted octanol–water partition coefficient (Wildman–Crippen LogP) is 2.03. The summed E-state index contributed by atoms with van der Waals surface area (Å²) in [6.07, 6.45) is 3.64. The van der Waals surface area contributed by atoms with E-state index in [1.54, 1.807) is 6.07 Å². The summed E-state index contributed by atoms with van der Waals surface area (Å²) < 4.78 is 1.51. The normalized spacial score (nSPS) is 13.2. The van der Waals surface area contributed by atoms with E-state index in [9.17, 15) is 9.59 Å². The molecule has 0 unspecified atom stereocenters. The van der Waals surface area contributed by atoms with Crippen molar-refractivity contribution in [2.24, 2.45) is 0 Å². The van der Waals surface area contributed by atoms with E-state index in [4.69, 9.17) is 0 Å². The van der Waals surface area contributed by atoms with E-state index in [1.165, 1.54) is 10.9 Å². The lowest BCUT2D eigenvalue weighted by atomic mass is 10.2. The molecule has 126 valence electrons. The van der Waals surface area contributed by atoms with Crippen LogP contribution in [0.3, 0.4) is 0 Å². The second kappa shape index (κ2) is 6.12. The molecule has 2 aromatic heterocycles. The monoisotopic (exact) mass is 334 g/mol. The van der Waals surface area contributed by atoms with Crippen LogP contribution in [0.4, 0.5) is 0 Å². The zero-order valence-electron chi connectivity index (χ0n) is 14.0. The summed E-state index contributed by atoms with van der Waals surface area (Å²) in [5.41, 5.74) is 3.78. The number of carbonyl (C=O) groups excluding carboxylic acids is 1. The van der Waals surface area contributed by atoms with E-state index in [0.717, 1.165) is 16.8 Å². The Kier molecular flexibility index (Phi) is 3.80. The van der Waals surface area contributed by atoms with Crippen LogP contribution in [0.25, 0.3) is 10.9 Å². The molecular formula is C19H18N4O2. The van der Waals surface area contributed by atoms with Crippen LogP contribution in [0.15, 0.2) is 47.7 Å². The largest absolute Gasteiger partial charge is 0.334 e. The van der Waals surface area contributed by atoms with Crippen molar-refractivity contribution in [3.8, 4) is 0 Å². The Balaban J connectivity index is 1.46. The summed E-state index contributed by atoms with van der Waals surface area (Å²) in [7, 11) is 0. The zero-order valence-corrected chi connectivity index (χ0v) is 14.0. The second-order valence-corrected chi connectivity index (χ2v) is 6.35. The van der Waals surface area contributed by atoms with Gasteiger partial charge in [-0.05, 0) is 36.2 Å². The SMILES string of the molecule is Cc1cc2c(cn1)CN(C(=O)CCn1cnc3ccccc3c1=O)C2. The maximum Gasteiger partial charge on any atom is 0.261 e. The van der Waals surface area contributed by atoms with Crippen molar-refractivity contribution < 1.29 is 4.79 Å². The van der Waals surface area contributed by atoms with Gasteiger partial charge in [0.1, 0.15) is 0 Å². The number of rotatable bonds is 3. The summed E-state index contributed by atoms with van der Waals surface area (Å²) in [5, 5.41) is 0.576. The summed E-state index contributed by atoms with van der Waals surface area (Å²) in [5.74, 6) is 0.0360. The topological polar surface area (TPSA) is 68.1 Å². The average Bonchev–Trinajstić information content (AvgIpc) is 3.04. The van der Waals surface area contributed by atoms with Gasteiger partial charge in [-0.2, -0.15) is 0 Å². The minimum atomic E-state index is -0.108. The number of carbonyl (C=O) groups is 1. The van der Waals surface area contributed by atoms with Crippen LogP contribution in [0.2, 0.25) is 0 Å². The van der Waals surface area contributed by atoms with Gasteiger partial charge in [0.15, 0.2) is 0 Å². The van der Waals surface area contributed by atoms with Crippen molar-refractivity contribution in [2.45, 2.75) is 33.0 Å². The molecule has 6 heteroatoms. The third-order valence-corrected chi connectivity index (χ3v) is 4.59. The Morgan fingerprint density at radius 1 is 1.16 bits per heavy atom. The van der Waals surface area contributed by atoms with E-state index in [2.05, 4.69) is 9.97 Å². The van der Waals surface area contributed by atoms with Crippen LogP contribution in [0.5, 0.6) is 0 Å². The third-order valence-electron chi connectivity index (χ3n) is 4.59. The number of nitrogens with zero attached hydrogens (tertiary/aromatic N) is 4. The fourth-order valence-corrected chi connectivity index (χ4v) is 3.22. The van der Waals surface area contributed by atoms with Gasteiger partial charge in [-0.25, -0.2) is 4.98 Å². The molecule has 0 atom stereocenters. The number of hydrogen-bond acceptors (Lipinski definition) is 4. The molecule has 0 saturated heterocycles. The molecule has 1 aromatic carbocycles. The van der Waals surface area contributed by atoms with Gasteiger partial charge < -0.3 is 4.90 Å². The van der Waals surface area contributed by atoms with Gasteiger partial charge in [0, 0.05) is 37.9 Å². The first-order valence-corrected chi connectivity index (χ1v) is 8.28. The molecule has 3 heterocycles. The van der Waals surface area contributed by atoms with Crippen LogP contribution in [-0.2, 0) is 24.4 Å². The first-order chi connectivity index (χ1) is 12.1. The van der Waals surface area contributed by atoms with Crippen molar-refractivity contribution in [1.29, 1.82) is 0 Å². The van der Waals surface area contributed by atoms with Crippen LogP contribution >= 0.6 is 0 Å². The van der Waals surface area contributed by atoms with Crippen LogP contribution < -0.4 is 5.56 Å². The van der Waals surface area contributed by atoms with Gasteiger partial charge in [0.25, 0.3) is 5.56 Å². The van der Waals surface area contributed by atoms with E-state index in [-0.39, 0.29) is 17.9 Å². The smallest absolute Gasteiger partial charge is 0.261 e. The highest BCUT2D eigenvalue weighted by Gasteiger charge is 2.23. The van der Waals surface area contributed by atoms with E-state index in [0.29, 0.717) is 30.5 Å². The molecular weight excluding hydrogens is 316 g/mol. The van der Waals surface area contributed by atoms with Crippen molar-refractivity contribution >= 4 is 16.8 Å². The maximum absolute atomic E-state index is 12.5. The Labute approximate surface area is 144 Å². The van der Waals surface area contributed by atoms with Gasteiger partial charge in [-0.15, -0.1) is 0 Å². The number of benzene rings is 1. The summed E-state index contributed by atoms with van der Waals surface area (Å²) >= 11 is 0. The lowest BCUT2D eigenvalue weighted by Crippen LogP contribution is -2.28. The van der Waals surface area contributed by atoms with Gasteiger partial charge in [0.05, 0.1) is 17.2 Å². The van der Waals surface area contributed by atoms with Crippen molar-refractivity contribution in [1.82, 2.24) is 19.4 Å². The van der Waals surface area contributed by atoms with E-state index in [1.807, 2.05) is 42.3 Å². The second-order valence-electron chi connectivity index (χ2n) is 6.35. The predicted molar refractivity (Wildman–Crippen MR) is 93.8 cm³/mol. The van der Waals surface area contributed by atoms with Crippen LogP contribution in [0, 0.1) is 6.92 Å². The van der Waals surface area contributed by atoms with Gasteiger partial charge >= 0.3 is 0 Å². The maximum atomic E-state index is 12.5. The molecule has 4 rings (SSSR count). The fourth-order valence-electron chi connectivity index (χ4n) is 3.22. The van der Waals surface area contributed by atoms with Crippen molar-refractivity contribution in [2.75, 3.05) is 0 Å². The molecule has 0 N–H and O–H groups in total. The number of pyridine rings is 1. The molecule has 25 heavy (non-hydrogen) atoms. The zero-order chi connectivity index (χ0) is 17.4. The Morgan fingerprint density at radius 2 is 1.96 bits per heavy atom. The fraction of sp³-hybridized carbons (Fsp3) is 0.263. The third kappa shape index (κ3) is 2.91. The number of aryl methyl sites for hydroxylation is 2. The molecule has 0 spiro atoms. The molecule has 1 aliphatic heterocycles. The number of fused-ring (bicyclic) bond motifs is 2. The highest BCUT2D eigenvalue weighted by atomic mass is 16.2. The van der Waals surface area contributed by atoms with E-state index < -0.39 is 0 Å². The molecule has 3 aromatic rings. The molecule has 0 aliphatic carbocycles. The first-order valence-electron chi connectivity index (χ1n) is 8.28. The minimum absolute atomic E-state index is 0.0360. The molecule has 0 radical (unpaired) electrons. The van der Waals surface area contributed by atoms with Gasteiger partial charge in [0.2, 0.25) is 5.91 Å². The lowest BCUT2D eigenvalue weighted by molar-refractivity contribution is -0.132. The molecule has 0 saturated carbocycles. The minimum Gasteiger partial charge on any atom is -0.334 e. The molecule has 0 bridgehead atoms. The summed E-state index contributed by atoms with van der Waals surface area (Å²) in [6, 6.07) is 9.27. The number of para-hydroxylation sites is 1. The highest BCUT2D eigenvalue weighted by molar-refractivity contribution is 5.78. The number of hydrogen-bond donors (Lipinski definition) is 0. The Hall–Kier alpha value is -3.02. The van der Waals surface area contributed by atoms with E-state index >= 15 is 0 Å². The Bertz CT molecular complexity index is 1030. The molecule has 0 fully saturated rings. The lowest BCUT2D eigenvalue weighted by Gasteiger charge is -2.15. The standard InChI is InChI=1S/C19H18N4O2/c1-13-8-14-10-23(11-15(14)9-20-13)18(24)6-7-22-12-21-17-5-3-2-4-16(17)19(22)25/h2-5,8-9,12H,6-7,10-11H2,1H3. The highest BCUT2D eigenvalue weighted by Crippen LogP contribution is 2.23. The molecule has 1 amide bonds. The molecule has 6 nitrogen and oxygen atoms in total. The van der Waals surface area contributed by atoms with Gasteiger partial charge in [-0.3, -0.25) is 19.1 Å². The average molecular weight is 334 g/mol. The van der Waals surface area contributed by atoms with Crippen LogP contribution in [0.1, 0.15) is 23.2 Å². The van der Waals surface area contributed by atoms with Crippen LogP contribution in [-0.4, -0.2) is 25.3 Å². The number of aromatic nitrogens is 3. The van der Waals surface area contributed by atoms with Gasteiger partial charge in [-0.1, -0.05) is 12.1 Å².